The molecule has 2 heteroatoms. The van der Waals surface area contributed by atoms with Gasteiger partial charge in [0.15, 0.2) is 0 Å². The first-order valence-corrected chi connectivity index (χ1v) is 4.11. The molecule has 0 fully saturated rings. The van der Waals surface area contributed by atoms with Crippen LogP contribution in [-0.2, 0) is 6.42 Å². The fraction of sp³-hybridized carbons (Fsp3) is 0.400. The van der Waals surface area contributed by atoms with Crippen LogP contribution in [0.5, 0.6) is 5.75 Å². The van der Waals surface area contributed by atoms with Crippen LogP contribution in [-0.4, -0.2) is 11.4 Å². The minimum Gasteiger partial charge on any atom is -0.464 e. The number of rotatable bonds is 0. The molecule has 2 rings (SSSR count). The largest absolute Gasteiger partial charge is 0.464 e. The number of aliphatic hydroxyl groups excluding tert-OH is 1. The number of ether oxygens (including phenoxy) is 1. The summed E-state index contributed by atoms with van der Waals surface area (Å²) in [5, 5.41) is 9.24. The molecule has 64 valence electrons. The first-order valence-electron chi connectivity index (χ1n) is 4.11. The van der Waals surface area contributed by atoms with Crippen LogP contribution in [0.25, 0.3) is 0 Å². The molecule has 0 amide bonds. The molecule has 1 unspecified atom stereocenters. The topological polar surface area (TPSA) is 29.5 Å². The molecule has 0 saturated heterocycles. The second kappa shape index (κ2) is 2.49. The average Bonchev–Trinajstić information content (AvgIpc) is 2.29. The molecule has 0 saturated carbocycles. The molecule has 0 aromatic heterocycles. The predicted octanol–water partition coefficient (Wildman–Crippen LogP) is 1.56. The minimum absolute atomic E-state index is 0.623. The predicted molar refractivity (Wildman–Crippen MR) is 46.3 cm³/mol. The van der Waals surface area contributed by atoms with E-state index in [9.17, 15) is 5.11 Å². The summed E-state index contributed by atoms with van der Waals surface area (Å²) in [4.78, 5) is 0. The summed E-state index contributed by atoms with van der Waals surface area (Å²) in [6, 6.07) is 4.13. The van der Waals surface area contributed by atoms with E-state index in [0.717, 1.165) is 16.9 Å². The number of aryl methyl sites for hydroxylation is 2. The maximum absolute atomic E-state index is 9.24. The monoisotopic (exact) mass is 164 g/mol. The van der Waals surface area contributed by atoms with Crippen molar-refractivity contribution in [2.75, 3.05) is 0 Å². The molecule has 2 nitrogen and oxygen atoms in total. The Kier molecular flexibility index (Phi) is 1.58. The van der Waals surface area contributed by atoms with Gasteiger partial charge in [0.1, 0.15) is 5.75 Å². The Morgan fingerprint density at radius 3 is 2.92 bits per heavy atom. The number of benzene rings is 1. The summed E-state index contributed by atoms with van der Waals surface area (Å²) in [6.45, 7) is 4.06. The van der Waals surface area contributed by atoms with Gasteiger partial charge in [-0.25, -0.2) is 0 Å². The lowest BCUT2D eigenvalue weighted by atomic mass is 10.1. The van der Waals surface area contributed by atoms with Crippen molar-refractivity contribution in [1.82, 2.24) is 0 Å². The van der Waals surface area contributed by atoms with E-state index in [-0.39, 0.29) is 0 Å². The van der Waals surface area contributed by atoms with Gasteiger partial charge < -0.3 is 9.84 Å². The van der Waals surface area contributed by atoms with Gasteiger partial charge in [0, 0.05) is 12.0 Å². The van der Waals surface area contributed by atoms with E-state index in [1.807, 2.05) is 6.92 Å². The molecule has 0 spiro atoms. The molecule has 1 aliphatic heterocycles. The molecule has 0 radical (unpaired) electrons. The van der Waals surface area contributed by atoms with Gasteiger partial charge in [0.05, 0.1) is 0 Å². The van der Waals surface area contributed by atoms with Gasteiger partial charge in [-0.05, 0) is 19.4 Å². The van der Waals surface area contributed by atoms with Crippen molar-refractivity contribution in [3.8, 4) is 5.75 Å². The van der Waals surface area contributed by atoms with E-state index >= 15 is 0 Å². The second-order valence-corrected chi connectivity index (χ2v) is 3.35. The molecule has 1 aromatic rings. The Labute approximate surface area is 71.8 Å². The summed E-state index contributed by atoms with van der Waals surface area (Å²) in [5.41, 5.74) is 3.46. The number of hydrogen-bond donors (Lipinski definition) is 1. The third kappa shape index (κ3) is 1.08. The fourth-order valence-corrected chi connectivity index (χ4v) is 1.73. The third-order valence-corrected chi connectivity index (χ3v) is 2.14. The summed E-state index contributed by atoms with van der Waals surface area (Å²) in [5.74, 6) is 0.869. The van der Waals surface area contributed by atoms with Crippen LogP contribution < -0.4 is 4.74 Å². The molecule has 1 N–H and O–H groups in total. The first-order chi connectivity index (χ1) is 5.66. The van der Waals surface area contributed by atoms with Crippen LogP contribution in [0.15, 0.2) is 12.1 Å². The van der Waals surface area contributed by atoms with Gasteiger partial charge in [-0.2, -0.15) is 0 Å². The quantitative estimate of drug-likeness (QED) is 0.630. The molecule has 1 aliphatic rings. The molecule has 12 heavy (non-hydrogen) atoms. The Morgan fingerprint density at radius 1 is 1.42 bits per heavy atom. The van der Waals surface area contributed by atoms with Crippen LogP contribution in [0.2, 0.25) is 0 Å². The zero-order chi connectivity index (χ0) is 8.72. The highest BCUT2D eigenvalue weighted by Gasteiger charge is 2.21. The van der Waals surface area contributed by atoms with Crippen molar-refractivity contribution in [2.24, 2.45) is 0 Å². The van der Waals surface area contributed by atoms with E-state index in [1.54, 1.807) is 0 Å². The highest BCUT2D eigenvalue weighted by atomic mass is 16.6. The van der Waals surface area contributed by atoms with Gasteiger partial charge in [0.2, 0.25) is 6.29 Å². The number of fused-ring (bicyclic) bond motifs is 1. The normalized spacial score (nSPS) is 20.4. The highest BCUT2D eigenvalue weighted by molar-refractivity contribution is 5.46. The summed E-state index contributed by atoms with van der Waals surface area (Å²) in [6.07, 6.45) is -0.0156. The number of aliphatic hydroxyl groups is 1. The second-order valence-electron chi connectivity index (χ2n) is 3.35. The molecule has 1 aromatic carbocycles. The van der Waals surface area contributed by atoms with Crippen LogP contribution in [0.1, 0.15) is 16.7 Å². The van der Waals surface area contributed by atoms with Gasteiger partial charge in [-0.1, -0.05) is 17.7 Å². The molecule has 1 atom stereocenters. The Bertz CT molecular complexity index is 318. The van der Waals surface area contributed by atoms with Crippen molar-refractivity contribution in [2.45, 2.75) is 26.6 Å². The van der Waals surface area contributed by atoms with E-state index in [0.29, 0.717) is 6.42 Å². The van der Waals surface area contributed by atoms with Crippen molar-refractivity contribution < 1.29 is 9.84 Å². The van der Waals surface area contributed by atoms with Gasteiger partial charge >= 0.3 is 0 Å². The molecule has 0 bridgehead atoms. The van der Waals surface area contributed by atoms with Gasteiger partial charge in [-0.15, -0.1) is 0 Å². The Hall–Kier alpha value is -1.02. The van der Waals surface area contributed by atoms with Gasteiger partial charge in [-0.3, -0.25) is 0 Å². The van der Waals surface area contributed by atoms with Crippen molar-refractivity contribution in [1.29, 1.82) is 0 Å². The standard InChI is InChI=1S/C10H12O2/c1-6-3-7(2)10-8(4-6)5-9(11)12-10/h3-4,9,11H,5H2,1-2H3. The summed E-state index contributed by atoms with van der Waals surface area (Å²) < 4.78 is 5.25. The van der Waals surface area contributed by atoms with Crippen molar-refractivity contribution in [3.05, 3.63) is 28.8 Å². The lowest BCUT2D eigenvalue weighted by molar-refractivity contribution is 0.00175. The lowest BCUT2D eigenvalue weighted by Gasteiger charge is -2.05. The highest BCUT2D eigenvalue weighted by Crippen LogP contribution is 2.32. The van der Waals surface area contributed by atoms with E-state index < -0.39 is 6.29 Å². The summed E-state index contributed by atoms with van der Waals surface area (Å²) in [7, 11) is 0. The maximum Gasteiger partial charge on any atom is 0.201 e. The zero-order valence-electron chi connectivity index (χ0n) is 7.29. The van der Waals surface area contributed by atoms with Crippen LogP contribution >= 0.6 is 0 Å². The minimum atomic E-state index is -0.638. The molecular formula is C10H12O2. The van der Waals surface area contributed by atoms with E-state index in [2.05, 4.69) is 19.1 Å². The Balaban J connectivity index is 2.52. The maximum atomic E-state index is 9.24. The van der Waals surface area contributed by atoms with Crippen LogP contribution in [0.4, 0.5) is 0 Å². The Morgan fingerprint density at radius 2 is 2.17 bits per heavy atom. The van der Waals surface area contributed by atoms with E-state index in [4.69, 9.17) is 4.74 Å². The molecule has 1 heterocycles. The van der Waals surface area contributed by atoms with Crippen molar-refractivity contribution in [3.63, 3.8) is 0 Å². The number of hydrogen-bond acceptors (Lipinski definition) is 2. The smallest absolute Gasteiger partial charge is 0.201 e. The lowest BCUT2D eigenvalue weighted by Crippen LogP contribution is -2.10. The summed E-state index contributed by atoms with van der Waals surface area (Å²) >= 11 is 0. The van der Waals surface area contributed by atoms with Crippen LogP contribution in [0, 0.1) is 13.8 Å². The SMILES string of the molecule is Cc1cc(C)c2c(c1)CC(O)O2. The third-order valence-electron chi connectivity index (χ3n) is 2.14. The first kappa shape index (κ1) is 7.62. The molecular weight excluding hydrogens is 152 g/mol. The van der Waals surface area contributed by atoms with Crippen LogP contribution in [0.3, 0.4) is 0 Å². The fourth-order valence-electron chi connectivity index (χ4n) is 1.73. The van der Waals surface area contributed by atoms with Crippen molar-refractivity contribution >= 4 is 0 Å². The zero-order valence-corrected chi connectivity index (χ0v) is 7.29. The van der Waals surface area contributed by atoms with Gasteiger partial charge in [0.25, 0.3) is 0 Å². The molecule has 0 aliphatic carbocycles. The average molecular weight is 164 g/mol. The van der Waals surface area contributed by atoms with E-state index in [1.165, 1.54) is 5.56 Å².